The van der Waals surface area contributed by atoms with Gasteiger partial charge in [0, 0.05) is 6.54 Å². The summed E-state index contributed by atoms with van der Waals surface area (Å²) in [4.78, 5) is 4.46. The second kappa shape index (κ2) is 16.1. The summed E-state index contributed by atoms with van der Waals surface area (Å²) in [6, 6.07) is 17.5. The Morgan fingerprint density at radius 1 is 0.567 bits per heavy atom. The Labute approximate surface area is 187 Å². The van der Waals surface area contributed by atoms with Crippen molar-refractivity contribution in [3.8, 4) is 11.1 Å². The topological polar surface area (TPSA) is 6.48 Å². The van der Waals surface area contributed by atoms with Crippen molar-refractivity contribution in [2.24, 2.45) is 0 Å². The second-order valence-electron chi connectivity index (χ2n) is 9.08. The highest BCUT2D eigenvalue weighted by atomic mass is 15.0. The van der Waals surface area contributed by atoms with Gasteiger partial charge in [-0.3, -0.25) is 0 Å². The van der Waals surface area contributed by atoms with Crippen LogP contribution in [-0.4, -0.2) is 44.5 Å². The van der Waals surface area contributed by atoms with Crippen LogP contribution in [0.3, 0.4) is 0 Å². The first kappa shape index (κ1) is 26.4. The fourth-order valence-electron chi connectivity index (χ4n) is 3.48. The lowest BCUT2D eigenvalue weighted by molar-refractivity contribution is 0.389. The molecule has 0 N–H and O–H groups in total. The summed E-state index contributed by atoms with van der Waals surface area (Å²) in [5.41, 5.74) is 5.23. The lowest BCUT2D eigenvalue weighted by Gasteiger charge is -2.10. The first-order valence-electron chi connectivity index (χ1n) is 11.9. The minimum Gasteiger partial charge on any atom is -0.309 e. The molecule has 0 atom stereocenters. The molecule has 2 aromatic carbocycles. The van der Waals surface area contributed by atoms with Crippen LogP contribution >= 0.6 is 0 Å². The molecule has 0 radical (unpaired) electrons. The fourth-order valence-corrected chi connectivity index (χ4v) is 3.48. The molecule has 0 unspecified atom stereocenters. The SMILES string of the molecule is CCCCCCCCCCN(C)C.Cc1ccc(-c2ccc(CN(C)C)cc2)cc1. The Morgan fingerprint density at radius 2 is 1.03 bits per heavy atom. The minimum atomic E-state index is 0.994. The third kappa shape index (κ3) is 12.8. The van der Waals surface area contributed by atoms with E-state index in [0.717, 1.165) is 6.54 Å². The van der Waals surface area contributed by atoms with E-state index in [4.69, 9.17) is 0 Å². The molecule has 0 saturated heterocycles. The molecule has 0 aliphatic rings. The van der Waals surface area contributed by atoms with Crippen LogP contribution in [0.4, 0.5) is 0 Å². The van der Waals surface area contributed by atoms with Crippen molar-refractivity contribution in [1.82, 2.24) is 9.80 Å². The first-order chi connectivity index (χ1) is 14.4. The molecule has 0 fully saturated rings. The Bertz CT molecular complexity index is 641. The normalized spacial score (nSPS) is 10.9. The maximum atomic E-state index is 2.27. The van der Waals surface area contributed by atoms with E-state index in [1.54, 1.807) is 0 Å². The average Bonchev–Trinajstić information content (AvgIpc) is 2.71. The van der Waals surface area contributed by atoms with Gasteiger partial charge in [-0.05, 0) is 64.8 Å². The molecule has 30 heavy (non-hydrogen) atoms. The van der Waals surface area contributed by atoms with Crippen molar-refractivity contribution in [2.75, 3.05) is 34.7 Å². The number of benzene rings is 2. The summed E-state index contributed by atoms with van der Waals surface area (Å²) in [6.07, 6.45) is 11.4. The maximum absolute atomic E-state index is 2.27. The van der Waals surface area contributed by atoms with Crippen molar-refractivity contribution in [3.05, 3.63) is 59.7 Å². The number of rotatable bonds is 12. The molecule has 0 heterocycles. The van der Waals surface area contributed by atoms with Crippen molar-refractivity contribution in [2.45, 2.75) is 71.8 Å². The van der Waals surface area contributed by atoms with E-state index in [1.165, 1.54) is 80.2 Å². The molecule has 0 spiro atoms. The molecule has 0 aromatic heterocycles. The smallest absolute Gasteiger partial charge is 0.0227 e. The van der Waals surface area contributed by atoms with E-state index >= 15 is 0 Å². The fraction of sp³-hybridized carbons (Fsp3) is 0.571. The van der Waals surface area contributed by atoms with Gasteiger partial charge in [0.25, 0.3) is 0 Å². The molecule has 0 bridgehead atoms. The van der Waals surface area contributed by atoms with Crippen LogP contribution in [0.15, 0.2) is 48.5 Å². The Morgan fingerprint density at radius 3 is 1.50 bits per heavy atom. The van der Waals surface area contributed by atoms with Gasteiger partial charge in [-0.1, -0.05) is 106 Å². The predicted molar refractivity (Wildman–Crippen MR) is 135 cm³/mol. The van der Waals surface area contributed by atoms with Gasteiger partial charge in [0.15, 0.2) is 0 Å². The minimum absolute atomic E-state index is 0.994. The molecule has 2 heteroatoms. The van der Waals surface area contributed by atoms with Gasteiger partial charge < -0.3 is 9.80 Å². The van der Waals surface area contributed by atoms with E-state index < -0.39 is 0 Å². The summed E-state index contributed by atoms with van der Waals surface area (Å²) in [6.45, 7) is 6.64. The third-order valence-electron chi connectivity index (χ3n) is 5.30. The largest absolute Gasteiger partial charge is 0.309 e. The van der Waals surface area contributed by atoms with E-state index in [-0.39, 0.29) is 0 Å². The number of unbranched alkanes of at least 4 members (excludes halogenated alkanes) is 7. The highest BCUT2D eigenvalue weighted by molar-refractivity contribution is 5.63. The van der Waals surface area contributed by atoms with Crippen LogP contribution in [0.5, 0.6) is 0 Å². The lowest BCUT2D eigenvalue weighted by atomic mass is 10.0. The van der Waals surface area contributed by atoms with Gasteiger partial charge in [-0.25, -0.2) is 0 Å². The average molecular weight is 411 g/mol. The summed E-state index contributed by atoms with van der Waals surface area (Å²) >= 11 is 0. The van der Waals surface area contributed by atoms with Crippen molar-refractivity contribution >= 4 is 0 Å². The van der Waals surface area contributed by atoms with Crippen molar-refractivity contribution in [3.63, 3.8) is 0 Å². The molecule has 0 amide bonds. The van der Waals surface area contributed by atoms with Gasteiger partial charge in [-0.15, -0.1) is 0 Å². The molecule has 0 aliphatic carbocycles. The van der Waals surface area contributed by atoms with Gasteiger partial charge in [-0.2, -0.15) is 0 Å². The van der Waals surface area contributed by atoms with E-state index in [1.807, 2.05) is 0 Å². The predicted octanol–water partition coefficient (Wildman–Crippen LogP) is 7.41. The summed E-state index contributed by atoms with van der Waals surface area (Å²) in [5.74, 6) is 0. The standard InChI is InChI=1S/C16H19N.C12H27N/c1-13-4-8-15(9-5-13)16-10-6-14(7-11-16)12-17(2)3;1-4-5-6-7-8-9-10-11-12-13(2)3/h4-11H,12H2,1-3H3;4-12H2,1-3H3. The monoisotopic (exact) mass is 410 g/mol. The summed E-state index contributed by atoms with van der Waals surface area (Å²) < 4.78 is 0. The number of nitrogens with zero attached hydrogens (tertiary/aromatic N) is 2. The zero-order valence-electron chi connectivity index (χ0n) is 20.6. The van der Waals surface area contributed by atoms with E-state index in [0.29, 0.717) is 0 Å². The first-order valence-corrected chi connectivity index (χ1v) is 11.9. The molecule has 0 saturated carbocycles. The number of hydrogen-bond acceptors (Lipinski definition) is 2. The molecule has 2 nitrogen and oxygen atoms in total. The number of hydrogen-bond donors (Lipinski definition) is 0. The summed E-state index contributed by atoms with van der Waals surface area (Å²) in [7, 11) is 8.49. The van der Waals surface area contributed by atoms with Crippen LogP contribution < -0.4 is 0 Å². The molecule has 2 rings (SSSR count). The molecule has 0 aliphatic heterocycles. The molecule has 2 aromatic rings. The van der Waals surface area contributed by atoms with Crippen LogP contribution in [-0.2, 0) is 6.54 Å². The van der Waals surface area contributed by atoms with Gasteiger partial charge in [0.1, 0.15) is 0 Å². The van der Waals surface area contributed by atoms with Gasteiger partial charge in [0.2, 0.25) is 0 Å². The highest BCUT2D eigenvalue weighted by Crippen LogP contribution is 2.20. The zero-order valence-corrected chi connectivity index (χ0v) is 20.6. The lowest BCUT2D eigenvalue weighted by Crippen LogP contribution is -2.12. The zero-order chi connectivity index (χ0) is 22.2. The van der Waals surface area contributed by atoms with Gasteiger partial charge in [0.05, 0.1) is 0 Å². The Kier molecular flexibility index (Phi) is 14.2. The van der Waals surface area contributed by atoms with Crippen LogP contribution in [0.2, 0.25) is 0 Å². The summed E-state index contributed by atoms with van der Waals surface area (Å²) in [5, 5.41) is 0. The van der Waals surface area contributed by atoms with Crippen LogP contribution in [0.25, 0.3) is 11.1 Å². The van der Waals surface area contributed by atoms with E-state index in [9.17, 15) is 0 Å². The van der Waals surface area contributed by atoms with Crippen molar-refractivity contribution in [1.29, 1.82) is 0 Å². The third-order valence-corrected chi connectivity index (χ3v) is 5.30. The molecular formula is C28H46N2. The maximum Gasteiger partial charge on any atom is 0.0227 e. The van der Waals surface area contributed by atoms with Crippen molar-refractivity contribution < 1.29 is 0 Å². The van der Waals surface area contributed by atoms with Crippen LogP contribution in [0, 0.1) is 6.92 Å². The molecule has 168 valence electrons. The van der Waals surface area contributed by atoms with Crippen LogP contribution in [0.1, 0.15) is 69.4 Å². The Hall–Kier alpha value is -1.64. The Balaban J connectivity index is 0.000000314. The second-order valence-corrected chi connectivity index (χ2v) is 9.08. The highest BCUT2D eigenvalue weighted by Gasteiger charge is 1.99. The quantitative estimate of drug-likeness (QED) is 0.336. The molecular weight excluding hydrogens is 364 g/mol. The van der Waals surface area contributed by atoms with Gasteiger partial charge >= 0.3 is 0 Å². The van der Waals surface area contributed by atoms with E-state index in [2.05, 4.69) is 100 Å². The number of aryl methyl sites for hydroxylation is 1.